The van der Waals surface area contributed by atoms with Gasteiger partial charge in [0.2, 0.25) is 10.0 Å². The summed E-state index contributed by atoms with van der Waals surface area (Å²) in [6.07, 6.45) is 3.81. The highest BCUT2D eigenvalue weighted by molar-refractivity contribution is 7.89. The van der Waals surface area contributed by atoms with Gasteiger partial charge in [-0.1, -0.05) is 6.07 Å². The van der Waals surface area contributed by atoms with Gasteiger partial charge in [0.15, 0.2) is 0 Å². The van der Waals surface area contributed by atoms with Crippen molar-refractivity contribution in [2.24, 2.45) is 5.92 Å². The fraction of sp³-hybridized carbons (Fsp3) is 0.667. The Morgan fingerprint density at radius 1 is 1.03 bits per heavy atom. The number of aryl methyl sites for hydroxylation is 2. The average Bonchev–Trinajstić information content (AvgIpc) is 3.46. The van der Waals surface area contributed by atoms with Crippen molar-refractivity contribution in [1.82, 2.24) is 19.4 Å². The Morgan fingerprint density at radius 3 is 2.41 bits per heavy atom. The molecule has 1 aromatic rings. The normalized spacial score (nSPS) is 24.1. The minimum atomic E-state index is -3.51. The Hall–Kier alpha value is -1.64. The van der Waals surface area contributed by atoms with Crippen LogP contribution in [0.15, 0.2) is 23.1 Å². The van der Waals surface area contributed by atoms with E-state index >= 15 is 0 Å². The third-order valence-electron chi connectivity index (χ3n) is 6.56. The lowest BCUT2D eigenvalue weighted by molar-refractivity contribution is 0.171. The molecule has 1 atom stereocenters. The van der Waals surface area contributed by atoms with Crippen LogP contribution in [0.2, 0.25) is 0 Å². The van der Waals surface area contributed by atoms with Crippen LogP contribution in [0, 0.1) is 19.8 Å². The Labute approximate surface area is 174 Å². The molecule has 0 bridgehead atoms. The number of hydrogen-bond acceptors (Lipinski definition) is 4. The van der Waals surface area contributed by atoms with Gasteiger partial charge in [0.05, 0.1) is 4.90 Å². The number of nitrogens with one attached hydrogen (secondary N) is 1. The van der Waals surface area contributed by atoms with Crippen LogP contribution in [0.3, 0.4) is 0 Å². The van der Waals surface area contributed by atoms with Gasteiger partial charge in [-0.3, -0.25) is 0 Å². The molecule has 1 N–H and O–H groups in total. The summed E-state index contributed by atoms with van der Waals surface area (Å²) in [4.78, 5) is 17.1. The Kier molecular flexibility index (Phi) is 5.86. The van der Waals surface area contributed by atoms with Gasteiger partial charge in [-0.25, -0.2) is 13.2 Å². The van der Waals surface area contributed by atoms with Crippen LogP contribution in [0.25, 0.3) is 0 Å². The van der Waals surface area contributed by atoms with Gasteiger partial charge in [-0.05, 0) is 68.8 Å². The first kappa shape index (κ1) is 20.6. The molecule has 7 nitrogen and oxygen atoms in total. The standard InChI is InChI=1S/C21H32N4O3S/c1-16-3-6-20(13-17(16)2)29(27,28)25-11-9-23(10-12-25)21(26)22-14-18-7-8-24(15-18)19-4-5-19/h3,6,13,18-19H,4-5,7-12,14-15H2,1-2H3,(H,22,26). The molecule has 2 saturated heterocycles. The molecule has 160 valence electrons. The quantitative estimate of drug-likeness (QED) is 0.788. The number of piperazine rings is 1. The predicted octanol–water partition coefficient (Wildman–Crippen LogP) is 1.80. The van der Waals surface area contributed by atoms with Crippen LogP contribution in [0.4, 0.5) is 4.79 Å². The van der Waals surface area contributed by atoms with Gasteiger partial charge in [0.25, 0.3) is 0 Å². The van der Waals surface area contributed by atoms with Crippen molar-refractivity contribution in [3.63, 3.8) is 0 Å². The molecule has 0 aromatic heterocycles. The van der Waals surface area contributed by atoms with E-state index in [9.17, 15) is 13.2 Å². The molecule has 8 heteroatoms. The number of likely N-dealkylation sites (tertiary alicyclic amines) is 1. The molecule has 4 rings (SSSR count). The molecule has 1 aliphatic carbocycles. The Bertz CT molecular complexity index is 861. The molecule has 29 heavy (non-hydrogen) atoms. The number of urea groups is 1. The molecule has 1 saturated carbocycles. The van der Waals surface area contributed by atoms with Crippen LogP contribution in [-0.2, 0) is 10.0 Å². The summed E-state index contributed by atoms with van der Waals surface area (Å²) < 4.78 is 27.3. The summed E-state index contributed by atoms with van der Waals surface area (Å²) in [5, 5.41) is 3.07. The summed E-state index contributed by atoms with van der Waals surface area (Å²) in [6.45, 7) is 8.37. The number of carbonyl (C=O) groups excluding carboxylic acids is 1. The summed E-state index contributed by atoms with van der Waals surface area (Å²) in [7, 11) is -3.51. The van der Waals surface area contributed by atoms with E-state index in [1.54, 1.807) is 17.0 Å². The van der Waals surface area contributed by atoms with Crippen molar-refractivity contribution in [1.29, 1.82) is 0 Å². The minimum Gasteiger partial charge on any atom is -0.338 e. The average molecular weight is 421 g/mol. The maximum atomic E-state index is 12.9. The maximum absolute atomic E-state index is 12.9. The number of amides is 2. The van der Waals surface area contributed by atoms with E-state index in [1.165, 1.54) is 17.1 Å². The van der Waals surface area contributed by atoms with Gasteiger partial charge in [-0.15, -0.1) is 0 Å². The lowest BCUT2D eigenvalue weighted by Gasteiger charge is -2.34. The van der Waals surface area contributed by atoms with Gasteiger partial charge in [0, 0.05) is 45.3 Å². The summed E-state index contributed by atoms with van der Waals surface area (Å²) >= 11 is 0. The second-order valence-corrected chi connectivity index (χ2v) is 10.6. The second kappa shape index (κ2) is 8.24. The fourth-order valence-corrected chi connectivity index (χ4v) is 5.81. The van der Waals surface area contributed by atoms with Crippen molar-refractivity contribution in [2.45, 2.75) is 44.0 Å². The first-order valence-electron chi connectivity index (χ1n) is 10.7. The van der Waals surface area contributed by atoms with E-state index in [-0.39, 0.29) is 6.03 Å². The number of rotatable bonds is 5. The number of hydrogen-bond donors (Lipinski definition) is 1. The topological polar surface area (TPSA) is 73.0 Å². The molecule has 3 aliphatic rings. The minimum absolute atomic E-state index is 0.0712. The molecular formula is C21H32N4O3S. The lowest BCUT2D eigenvalue weighted by Crippen LogP contribution is -2.53. The zero-order chi connectivity index (χ0) is 20.6. The van der Waals surface area contributed by atoms with E-state index < -0.39 is 10.0 Å². The molecule has 2 aliphatic heterocycles. The molecule has 3 fully saturated rings. The smallest absolute Gasteiger partial charge is 0.317 e. The van der Waals surface area contributed by atoms with E-state index in [0.717, 1.165) is 36.7 Å². The van der Waals surface area contributed by atoms with Crippen LogP contribution in [0.5, 0.6) is 0 Å². The Morgan fingerprint density at radius 2 is 1.76 bits per heavy atom. The van der Waals surface area contributed by atoms with Crippen LogP contribution in [-0.4, -0.2) is 80.4 Å². The lowest BCUT2D eigenvalue weighted by atomic mass is 10.1. The largest absolute Gasteiger partial charge is 0.338 e. The second-order valence-electron chi connectivity index (χ2n) is 8.70. The van der Waals surface area contributed by atoms with E-state index in [1.807, 2.05) is 19.9 Å². The number of nitrogens with zero attached hydrogens (tertiary/aromatic N) is 3. The molecule has 0 radical (unpaired) electrons. The summed E-state index contributed by atoms with van der Waals surface area (Å²) in [6, 6.07) is 5.97. The first-order valence-corrected chi connectivity index (χ1v) is 12.1. The van der Waals surface area contributed by atoms with Gasteiger partial charge < -0.3 is 15.1 Å². The molecule has 2 amide bonds. The van der Waals surface area contributed by atoms with Gasteiger partial charge in [-0.2, -0.15) is 4.31 Å². The third kappa shape index (κ3) is 4.59. The van der Waals surface area contributed by atoms with Crippen molar-refractivity contribution in [3.8, 4) is 0 Å². The predicted molar refractivity (Wildman–Crippen MR) is 112 cm³/mol. The van der Waals surface area contributed by atoms with Crippen molar-refractivity contribution in [2.75, 3.05) is 45.8 Å². The van der Waals surface area contributed by atoms with Crippen molar-refractivity contribution < 1.29 is 13.2 Å². The third-order valence-corrected chi connectivity index (χ3v) is 8.46. The van der Waals surface area contributed by atoms with Crippen molar-refractivity contribution in [3.05, 3.63) is 29.3 Å². The molecular weight excluding hydrogens is 388 g/mol. The molecule has 0 spiro atoms. The zero-order valence-electron chi connectivity index (χ0n) is 17.4. The van der Waals surface area contributed by atoms with E-state index in [0.29, 0.717) is 43.5 Å². The Balaban J connectivity index is 1.26. The highest BCUT2D eigenvalue weighted by atomic mass is 32.2. The number of carbonyl (C=O) groups is 1. The van der Waals surface area contributed by atoms with Crippen LogP contribution >= 0.6 is 0 Å². The van der Waals surface area contributed by atoms with Crippen LogP contribution < -0.4 is 5.32 Å². The van der Waals surface area contributed by atoms with Crippen LogP contribution in [0.1, 0.15) is 30.4 Å². The van der Waals surface area contributed by atoms with E-state index in [4.69, 9.17) is 0 Å². The summed E-state index contributed by atoms with van der Waals surface area (Å²) in [5.74, 6) is 0.533. The monoisotopic (exact) mass is 420 g/mol. The number of benzene rings is 1. The fourth-order valence-electron chi connectivity index (χ4n) is 4.30. The molecule has 2 heterocycles. The first-order chi connectivity index (χ1) is 13.8. The molecule has 1 aromatic carbocycles. The highest BCUT2D eigenvalue weighted by Gasteiger charge is 2.35. The maximum Gasteiger partial charge on any atom is 0.317 e. The van der Waals surface area contributed by atoms with E-state index in [2.05, 4.69) is 10.2 Å². The van der Waals surface area contributed by atoms with Gasteiger partial charge >= 0.3 is 6.03 Å². The SMILES string of the molecule is Cc1ccc(S(=O)(=O)N2CCN(C(=O)NCC3CCN(C4CC4)C3)CC2)cc1C. The summed E-state index contributed by atoms with van der Waals surface area (Å²) in [5.41, 5.74) is 2.05. The molecule has 1 unspecified atom stereocenters. The van der Waals surface area contributed by atoms with Crippen molar-refractivity contribution >= 4 is 16.1 Å². The zero-order valence-corrected chi connectivity index (χ0v) is 18.2. The van der Waals surface area contributed by atoms with Gasteiger partial charge in [0.1, 0.15) is 0 Å². The number of sulfonamides is 1. The highest BCUT2D eigenvalue weighted by Crippen LogP contribution is 2.31.